The van der Waals surface area contributed by atoms with Crippen LogP contribution in [0.25, 0.3) is 11.0 Å². The molecule has 114 valence electrons. The first-order valence-corrected chi connectivity index (χ1v) is 7.62. The molecule has 0 radical (unpaired) electrons. The number of nitrogens with zero attached hydrogens (tertiary/aromatic N) is 2. The van der Waals surface area contributed by atoms with Crippen molar-refractivity contribution in [2.45, 2.75) is 38.1 Å². The molecule has 2 aromatic rings. The van der Waals surface area contributed by atoms with Crippen LogP contribution in [0.4, 0.5) is 4.39 Å². The number of hydrogen-bond donors (Lipinski definition) is 1. The molecular formula is C16H21FN2O2. The van der Waals surface area contributed by atoms with Gasteiger partial charge < -0.3 is 9.63 Å². The van der Waals surface area contributed by atoms with Crippen molar-refractivity contribution >= 4 is 11.0 Å². The Labute approximate surface area is 123 Å². The van der Waals surface area contributed by atoms with E-state index in [-0.39, 0.29) is 18.5 Å². The monoisotopic (exact) mass is 292 g/mol. The summed E-state index contributed by atoms with van der Waals surface area (Å²) in [6.07, 6.45) is 2.96. The van der Waals surface area contributed by atoms with Gasteiger partial charge >= 0.3 is 0 Å². The Morgan fingerprint density at radius 3 is 2.86 bits per heavy atom. The summed E-state index contributed by atoms with van der Waals surface area (Å²) in [4.78, 5) is 2.35. The SMILES string of the molecule is CCC(CO)N1CCC(c2noc3cc(F)ccc23)CC1. The molecule has 0 amide bonds. The molecule has 1 aromatic heterocycles. The van der Waals surface area contributed by atoms with E-state index >= 15 is 0 Å². The number of fused-ring (bicyclic) bond motifs is 1. The standard InChI is InChI=1S/C16H21FN2O2/c1-2-13(10-20)19-7-5-11(6-8-19)16-14-4-3-12(17)9-15(14)21-18-16/h3-4,9,11,13,20H,2,5-8,10H2,1H3. The van der Waals surface area contributed by atoms with Gasteiger partial charge in [-0.05, 0) is 44.5 Å². The van der Waals surface area contributed by atoms with Crippen LogP contribution in [0.5, 0.6) is 0 Å². The average molecular weight is 292 g/mol. The Balaban J connectivity index is 1.74. The Bertz CT molecular complexity index is 601. The van der Waals surface area contributed by atoms with Gasteiger partial charge in [0.15, 0.2) is 5.58 Å². The second kappa shape index (κ2) is 6.12. The summed E-state index contributed by atoms with van der Waals surface area (Å²) in [7, 11) is 0. The van der Waals surface area contributed by atoms with Crippen LogP contribution in [-0.4, -0.2) is 40.9 Å². The normalized spacial score (nSPS) is 19.2. The lowest BCUT2D eigenvalue weighted by Crippen LogP contribution is -2.42. The van der Waals surface area contributed by atoms with E-state index in [2.05, 4.69) is 17.0 Å². The molecule has 1 aromatic carbocycles. The lowest BCUT2D eigenvalue weighted by molar-refractivity contribution is 0.0946. The van der Waals surface area contributed by atoms with Crippen molar-refractivity contribution < 1.29 is 14.0 Å². The van der Waals surface area contributed by atoms with E-state index in [4.69, 9.17) is 4.52 Å². The minimum absolute atomic E-state index is 0.216. The first kappa shape index (κ1) is 14.5. The highest BCUT2D eigenvalue weighted by Gasteiger charge is 2.27. The molecule has 1 fully saturated rings. The maximum Gasteiger partial charge on any atom is 0.170 e. The van der Waals surface area contributed by atoms with Crippen molar-refractivity contribution in [1.29, 1.82) is 0 Å². The Hall–Kier alpha value is -1.46. The summed E-state index contributed by atoms with van der Waals surface area (Å²) in [6.45, 7) is 4.23. The maximum atomic E-state index is 13.2. The van der Waals surface area contributed by atoms with Crippen LogP contribution >= 0.6 is 0 Å². The molecule has 21 heavy (non-hydrogen) atoms. The Morgan fingerprint density at radius 1 is 1.43 bits per heavy atom. The minimum atomic E-state index is -0.297. The smallest absolute Gasteiger partial charge is 0.170 e. The highest BCUT2D eigenvalue weighted by Crippen LogP contribution is 2.33. The van der Waals surface area contributed by atoms with Crippen molar-refractivity contribution in [3.8, 4) is 0 Å². The van der Waals surface area contributed by atoms with Gasteiger partial charge in [-0.2, -0.15) is 0 Å². The number of halogens is 1. The van der Waals surface area contributed by atoms with Crippen LogP contribution in [0.2, 0.25) is 0 Å². The topological polar surface area (TPSA) is 49.5 Å². The summed E-state index contributed by atoms with van der Waals surface area (Å²) < 4.78 is 18.4. The van der Waals surface area contributed by atoms with Crippen molar-refractivity contribution in [3.05, 3.63) is 29.7 Å². The summed E-state index contributed by atoms with van der Waals surface area (Å²) in [6, 6.07) is 4.86. The van der Waals surface area contributed by atoms with E-state index in [1.165, 1.54) is 12.1 Å². The molecule has 2 heterocycles. The van der Waals surface area contributed by atoms with Crippen molar-refractivity contribution in [1.82, 2.24) is 10.1 Å². The fourth-order valence-corrected chi connectivity index (χ4v) is 3.27. The molecule has 0 aliphatic carbocycles. The van der Waals surface area contributed by atoms with Crippen LogP contribution in [0.15, 0.2) is 22.7 Å². The number of rotatable bonds is 4. The van der Waals surface area contributed by atoms with Gasteiger partial charge in [0.1, 0.15) is 5.82 Å². The summed E-state index contributed by atoms with van der Waals surface area (Å²) in [5.74, 6) is 0.0536. The van der Waals surface area contributed by atoms with Crippen LogP contribution in [-0.2, 0) is 0 Å². The van der Waals surface area contributed by atoms with Gasteiger partial charge in [-0.1, -0.05) is 12.1 Å². The highest BCUT2D eigenvalue weighted by molar-refractivity contribution is 5.79. The molecule has 0 spiro atoms. The number of benzene rings is 1. The minimum Gasteiger partial charge on any atom is -0.395 e. The molecule has 5 heteroatoms. The second-order valence-electron chi connectivity index (χ2n) is 5.76. The molecule has 1 aliphatic heterocycles. The van der Waals surface area contributed by atoms with Crippen LogP contribution in [0.3, 0.4) is 0 Å². The first-order chi connectivity index (χ1) is 10.2. The van der Waals surface area contributed by atoms with Gasteiger partial charge in [0, 0.05) is 23.4 Å². The Kier molecular flexibility index (Phi) is 4.22. The predicted molar refractivity (Wildman–Crippen MR) is 78.7 cm³/mol. The van der Waals surface area contributed by atoms with E-state index in [1.807, 2.05) is 0 Å². The van der Waals surface area contributed by atoms with E-state index in [0.29, 0.717) is 11.5 Å². The van der Waals surface area contributed by atoms with Gasteiger partial charge in [-0.3, -0.25) is 4.90 Å². The number of aliphatic hydroxyl groups is 1. The molecule has 0 bridgehead atoms. The molecule has 1 saturated heterocycles. The zero-order valence-electron chi connectivity index (χ0n) is 12.3. The number of piperidine rings is 1. The van der Waals surface area contributed by atoms with E-state index in [9.17, 15) is 9.50 Å². The van der Waals surface area contributed by atoms with Crippen LogP contribution in [0, 0.1) is 5.82 Å². The zero-order chi connectivity index (χ0) is 14.8. The van der Waals surface area contributed by atoms with Gasteiger partial charge in [0.05, 0.1) is 12.3 Å². The number of hydrogen-bond acceptors (Lipinski definition) is 4. The number of aliphatic hydroxyl groups excluding tert-OH is 1. The zero-order valence-corrected chi connectivity index (χ0v) is 12.3. The van der Waals surface area contributed by atoms with Gasteiger partial charge in [0.2, 0.25) is 0 Å². The summed E-state index contributed by atoms with van der Waals surface area (Å²) >= 11 is 0. The molecule has 1 aliphatic rings. The molecule has 0 saturated carbocycles. The average Bonchev–Trinajstić information content (AvgIpc) is 2.92. The van der Waals surface area contributed by atoms with Crippen molar-refractivity contribution in [3.63, 3.8) is 0 Å². The van der Waals surface area contributed by atoms with Crippen molar-refractivity contribution in [2.75, 3.05) is 19.7 Å². The fourth-order valence-electron chi connectivity index (χ4n) is 3.27. The third kappa shape index (κ3) is 2.80. The molecule has 1 atom stereocenters. The first-order valence-electron chi connectivity index (χ1n) is 7.62. The molecular weight excluding hydrogens is 271 g/mol. The van der Waals surface area contributed by atoms with Crippen molar-refractivity contribution in [2.24, 2.45) is 0 Å². The molecule has 3 rings (SSSR count). The molecule has 1 unspecified atom stereocenters. The lowest BCUT2D eigenvalue weighted by Gasteiger charge is -2.35. The maximum absolute atomic E-state index is 13.2. The molecule has 4 nitrogen and oxygen atoms in total. The number of aromatic nitrogens is 1. The fraction of sp³-hybridized carbons (Fsp3) is 0.562. The summed E-state index contributed by atoms with van der Waals surface area (Å²) in [5, 5.41) is 14.5. The Morgan fingerprint density at radius 2 is 2.19 bits per heavy atom. The van der Waals surface area contributed by atoms with E-state index < -0.39 is 0 Å². The number of likely N-dealkylation sites (tertiary alicyclic amines) is 1. The van der Waals surface area contributed by atoms with Gasteiger partial charge in [0.25, 0.3) is 0 Å². The lowest BCUT2D eigenvalue weighted by atomic mass is 9.91. The third-order valence-corrected chi connectivity index (χ3v) is 4.58. The van der Waals surface area contributed by atoms with E-state index in [1.54, 1.807) is 6.07 Å². The quantitative estimate of drug-likeness (QED) is 0.941. The van der Waals surface area contributed by atoms with Crippen LogP contribution in [0.1, 0.15) is 37.8 Å². The third-order valence-electron chi connectivity index (χ3n) is 4.58. The van der Waals surface area contributed by atoms with E-state index in [0.717, 1.165) is 43.4 Å². The predicted octanol–water partition coefficient (Wildman–Crippen LogP) is 2.92. The summed E-state index contributed by atoms with van der Waals surface area (Å²) in [5.41, 5.74) is 1.47. The second-order valence-corrected chi connectivity index (χ2v) is 5.76. The van der Waals surface area contributed by atoms with Crippen LogP contribution < -0.4 is 0 Å². The van der Waals surface area contributed by atoms with Gasteiger partial charge in [-0.15, -0.1) is 0 Å². The largest absolute Gasteiger partial charge is 0.395 e. The molecule has 1 N–H and O–H groups in total. The highest BCUT2D eigenvalue weighted by atomic mass is 19.1. The van der Waals surface area contributed by atoms with Gasteiger partial charge in [-0.25, -0.2) is 4.39 Å².